The first kappa shape index (κ1) is 20.1. The van der Waals surface area contributed by atoms with E-state index >= 15 is 0 Å². The molecule has 0 spiro atoms. The summed E-state index contributed by atoms with van der Waals surface area (Å²) in [6.45, 7) is 5.37. The lowest BCUT2D eigenvalue weighted by atomic mass is 10.2. The second kappa shape index (κ2) is 8.60. The van der Waals surface area contributed by atoms with Crippen LogP contribution in [0.15, 0.2) is 28.6 Å². The lowest BCUT2D eigenvalue weighted by Crippen LogP contribution is -2.37. The number of aryl methyl sites for hydroxylation is 1. The summed E-state index contributed by atoms with van der Waals surface area (Å²) in [4.78, 5) is 32.2. The van der Waals surface area contributed by atoms with Crippen molar-refractivity contribution in [2.24, 2.45) is 4.99 Å². The van der Waals surface area contributed by atoms with E-state index in [4.69, 9.17) is 9.47 Å². The van der Waals surface area contributed by atoms with Crippen molar-refractivity contribution in [3.05, 3.63) is 39.6 Å². The molecule has 1 aromatic carbocycles. The quantitative estimate of drug-likeness (QED) is 0.770. The van der Waals surface area contributed by atoms with Gasteiger partial charge >= 0.3 is 0 Å². The van der Waals surface area contributed by atoms with Gasteiger partial charge in [0.1, 0.15) is 6.04 Å². The number of likely N-dealkylation sites (tertiary alicyclic amines) is 1. The minimum Gasteiger partial charge on any atom is -0.493 e. The Kier molecular flexibility index (Phi) is 6.18. The van der Waals surface area contributed by atoms with Gasteiger partial charge in [-0.2, -0.15) is 4.99 Å². The zero-order valence-electron chi connectivity index (χ0n) is 16.6. The minimum absolute atomic E-state index is 0.0685. The van der Waals surface area contributed by atoms with Crippen LogP contribution in [0.3, 0.4) is 0 Å². The maximum Gasteiger partial charge on any atom is 0.279 e. The number of carbonyl (C=O) groups is 2. The maximum atomic E-state index is 12.8. The Morgan fingerprint density at radius 2 is 1.82 bits per heavy atom. The summed E-state index contributed by atoms with van der Waals surface area (Å²) in [5, 5.41) is 1.91. The van der Waals surface area contributed by atoms with Gasteiger partial charge in [0.2, 0.25) is 5.91 Å². The van der Waals surface area contributed by atoms with Crippen molar-refractivity contribution in [3.63, 3.8) is 0 Å². The van der Waals surface area contributed by atoms with Crippen LogP contribution < -0.4 is 14.3 Å². The van der Waals surface area contributed by atoms with Crippen LogP contribution in [-0.4, -0.2) is 48.6 Å². The molecular weight excluding hydrogens is 378 g/mol. The lowest BCUT2D eigenvalue weighted by molar-refractivity contribution is -0.133. The van der Waals surface area contributed by atoms with E-state index in [1.54, 1.807) is 25.3 Å². The van der Waals surface area contributed by atoms with Gasteiger partial charge in [0.05, 0.1) is 14.2 Å². The first-order valence-electron chi connectivity index (χ1n) is 9.22. The predicted molar refractivity (Wildman–Crippen MR) is 107 cm³/mol. The number of rotatable bonds is 5. The molecule has 0 N–H and O–H groups in total. The third-order valence-corrected chi connectivity index (χ3v) is 5.87. The lowest BCUT2D eigenvalue weighted by Gasteiger charge is -2.22. The Morgan fingerprint density at radius 1 is 1.14 bits per heavy atom. The Balaban J connectivity index is 1.93. The van der Waals surface area contributed by atoms with E-state index in [0.29, 0.717) is 21.9 Å². The van der Waals surface area contributed by atoms with Crippen LogP contribution in [0.5, 0.6) is 11.5 Å². The second-order valence-corrected chi connectivity index (χ2v) is 7.56. The summed E-state index contributed by atoms with van der Waals surface area (Å²) in [5.41, 5.74) is 1.30. The third-order valence-electron chi connectivity index (χ3n) is 4.91. The first-order valence-corrected chi connectivity index (χ1v) is 10.1. The normalized spacial score (nSPS) is 15.6. The van der Waals surface area contributed by atoms with Crippen molar-refractivity contribution < 1.29 is 19.1 Å². The molecule has 7 nitrogen and oxygen atoms in total. The number of amides is 2. The highest BCUT2D eigenvalue weighted by Gasteiger charge is 2.26. The summed E-state index contributed by atoms with van der Waals surface area (Å²) >= 11 is 1.35. The van der Waals surface area contributed by atoms with Gasteiger partial charge in [-0.1, -0.05) is 0 Å². The Hall–Kier alpha value is -2.61. The fourth-order valence-corrected chi connectivity index (χ4v) is 4.33. The average molecular weight is 404 g/mol. The van der Waals surface area contributed by atoms with Crippen molar-refractivity contribution in [3.8, 4) is 11.5 Å². The van der Waals surface area contributed by atoms with Crippen LogP contribution in [0.25, 0.3) is 0 Å². The molecule has 0 saturated carbocycles. The number of hydrogen-bond donors (Lipinski definition) is 0. The highest BCUT2D eigenvalue weighted by Crippen LogP contribution is 2.27. The summed E-state index contributed by atoms with van der Waals surface area (Å²) < 4.78 is 12.3. The molecule has 3 rings (SSSR count). The number of carbonyl (C=O) groups excluding carboxylic acids is 2. The van der Waals surface area contributed by atoms with E-state index in [1.807, 2.05) is 28.7 Å². The molecule has 1 aliphatic rings. The van der Waals surface area contributed by atoms with E-state index in [2.05, 4.69) is 4.99 Å². The predicted octanol–water partition coefficient (Wildman–Crippen LogP) is 2.80. The maximum absolute atomic E-state index is 12.8. The zero-order valence-corrected chi connectivity index (χ0v) is 17.4. The van der Waals surface area contributed by atoms with Gasteiger partial charge in [-0.15, -0.1) is 11.3 Å². The molecule has 1 aromatic heterocycles. The molecule has 2 amide bonds. The van der Waals surface area contributed by atoms with Gasteiger partial charge in [-0.3, -0.25) is 9.59 Å². The van der Waals surface area contributed by atoms with E-state index < -0.39 is 11.9 Å². The molecule has 150 valence electrons. The molecule has 2 heterocycles. The Labute approximate surface area is 168 Å². The van der Waals surface area contributed by atoms with Crippen molar-refractivity contribution >= 4 is 23.2 Å². The van der Waals surface area contributed by atoms with Crippen molar-refractivity contribution in [1.29, 1.82) is 0 Å². The van der Waals surface area contributed by atoms with Gasteiger partial charge in [-0.25, -0.2) is 0 Å². The molecule has 2 aromatic rings. The average Bonchev–Trinajstić information content (AvgIpc) is 3.36. The second-order valence-electron chi connectivity index (χ2n) is 6.72. The van der Waals surface area contributed by atoms with E-state index in [1.165, 1.54) is 18.4 Å². The molecule has 1 aliphatic heterocycles. The van der Waals surface area contributed by atoms with Crippen LogP contribution >= 0.6 is 11.3 Å². The number of hydrogen-bond acceptors (Lipinski definition) is 5. The van der Waals surface area contributed by atoms with Crippen molar-refractivity contribution in [1.82, 2.24) is 9.47 Å². The monoisotopic (exact) mass is 403 g/mol. The molecular formula is C20H25N3O4S. The van der Waals surface area contributed by atoms with E-state index in [9.17, 15) is 9.59 Å². The first-order chi connectivity index (χ1) is 13.5. The number of ether oxygens (including phenoxy) is 2. The largest absolute Gasteiger partial charge is 0.493 e. The molecule has 1 atom stereocenters. The molecule has 0 aliphatic carbocycles. The van der Waals surface area contributed by atoms with Crippen LogP contribution in [0, 0.1) is 6.92 Å². The summed E-state index contributed by atoms with van der Waals surface area (Å²) in [7, 11) is 3.06. The van der Waals surface area contributed by atoms with Crippen LogP contribution in [0.1, 0.15) is 41.9 Å². The van der Waals surface area contributed by atoms with Crippen molar-refractivity contribution in [2.45, 2.75) is 32.7 Å². The molecule has 28 heavy (non-hydrogen) atoms. The van der Waals surface area contributed by atoms with Gasteiger partial charge in [0.15, 0.2) is 16.3 Å². The number of benzene rings is 1. The van der Waals surface area contributed by atoms with Gasteiger partial charge in [-0.05, 0) is 44.9 Å². The Morgan fingerprint density at radius 3 is 2.46 bits per heavy atom. The van der Waals surface area contributed by atoms with Crippen LogP contribution in [-0.2, 0) is 4.79 Å². The summed E-state index contributed by atoms with van der Waals surface area (Å²) in [5.74, 6) is 0.693. The smallest absolute Gasteiger partial charge is 0.279 e. The Bertz CT molecular complexity index is 941. The number of nitrogens with zero attached hydrogens (tertiary/aromatic N) is 3. The molecule has 0 bridgehead atoms. The van der Waals surface area contributed by atoms with E-state index in [0.717, 1.165) is 31.6 Å². The molecule has 0 radical (unpaired) electrons. The molecule has 1 fully saturated rings. The standard InChI is InChI=1S/C20H25N3O4S/c1-13-12-28-20(23(13)14(2)19(25)22-9-5-6-10-22)21-18(24)15-7-8-16(26-3)17(11-15)27-4/h7-8,11-12,14H,5-6,9-10H2,1-4H3. The topological polar surface area (TPSA) is 73.1 Å². The van der Waals surface area contributed by atoms with Gasteiger partial charge in [0.25, 0.3) is 5.91 Å². The van der Waals surface area contributed by atoms with Gasteiger partial charge in [0, 0.05) is 29.7 Å². The highest BCUT2D eigenvalue weighted by molar-refractivity contribution is 7.07. The zero-order chi connectivity index (χ0) is 20.3. The number of aromatic nitrogens is 1. The SMILES string of the molecule is COc1ccc(C(=O)N=c2scc(C)n2C(C)C(=O)N2CCCC2)cc1OC. The number of methoxy groups -OCH3 is 2. The molecule has 1 saturated heterocycles. The minimum atomic E-state index is -0.402. The fraction of sp³-hybridized carbons (Fsp3) is 0.450. The third kappa shape index (κ3) is 3.96. The van der Waals surface area contributed by atoms with Crippen LogP contribution in [0.2, 0.25) is 0 Å². The van der Waals surface area contributed by atoms with Crippen LogP contribution in [0.4, 0.5) is 0 Å². The molecule has 8 heteroatoms. The van der Waals surface area contributed by atoms with E-state index in [-0.39, 0.29) is 5.91 Å². The van der Waals surface area contributed by atoms with Gasteiger partial charge < -0.3 is 18.9 Å². The fourth-order valence-electron chi connectivity index (χ4n) is 3.39. The summed E-state index contributed by atoms with van der Waals surface area (Å²) in [6, 6.07) is 4.53. The molecule has 1 unspecified atom stereocenters. The highest BCUT2D eigenvalue weighted by atomic mass is 32.1. The summed E-state index contributed by atoms with van der Waals surface area (Å²) in [6.07, 6.45) is 2.08. The van der Waals surface area contributed by atoms with Crippen molar-refractivity contribution in [2.75, 3.05) is 27.3 Å². The number of thiazole rings is 1.